The third kappa shape index (κ3) is 2.13. The molecule has 7 heteroatoms. The summed E-state index contributed by atoms with van der Waals surface area (Å²) in [6.45, 7) is 0. The van der Waals surface area contributed by atoms with Crippen molar-refractivity contribution in [3.05, 3.63) is 18.5 Å². The van der Waals surface area contributed by atoms with E-state index in [1.807, 2.05) is 0 Å². The third-order valence-electron chi connectivity index (χ3n) is 0.907. The smallest absolute Gasteiger partial charge is 0.229 e. The van der Waals surface area contributed by atoms with E-state index in [1.54, 1.807) is 6.07 Å². The lowest BCUT2D eigenvalue weighted by Gasteiger charge is -2.00. The Kier molecular flexibility index (Phi) is 2.34. The Morgan fingerprint density at radius 1 is 1.82 bits per heavy atom. The molecule has 1 aromatic heterocycles. The number of rotatable bonds is 1. The summed E-state index contributed by atoms with van der Waals surface area (Å²) in [7, 11) is 0. The average Bonchev–Trinajstić information content (AvgIpc) is 2.35. The Balaban J connectivity index is 2.86. The molecule has 60 valence electrons. The van der Waals surface area contributed by atoms with Gasteiger partial charge in [0.1, 0.15) is 0 Å². The molecule has 1 heterocycles. The fraction of sp³-hybridized carbons (Fsp3) is 0. The Hall–Kier alpha value is -1.21. The van der Waals surface area contributed by atoms with Crippen LogP contribution in [0.15, 0.2) is 22.9 Å². The maximum Gasteiger partial charge on any atom is 0.229 e. The van der Waals surface area contributed by atoms with Crippen molar-refractivity contribution in [1.82, 2.24) is 9.78 Å². The van der Waals surface area contributed by atoms with E-state index in [2.05, 4.69) is 9.50 Å². The number of hydrogen-bond acceptors (Lipinski definition) is 3. The fourth-order valence-electron chi connectivity index (χ4n) is 0.523. The monoisotopic (exact) mass is 173 g/mol. The van der Waals surface area contributed by atoms with Gasteiger partial charge in [-0.2, -0.15) is 9.50 Å². The Labute approximate surface area is 65.2 Å². The molecule has 6 nitrogen and oxygen atoms in total. The summed E-state index contributed by atoms with van der Waals surface area (Å²) in [6.07, 6.45) is 2.96. The molecule has 0 aliphatic carbocycles. The average molecular weight is 173 g/mol. The number of aromatic nitrogens is 2. The van der Waals surface area contributed by atoms with Gasteiger partial charge in [-0.3, -0.25) is 0 Å². The van der Waals surface area contributed by atoms with Gasteiger partial charge >= 0.3 is 0 Å². The maximum atomic E-state index is 10.00. The van der Waals surface area contributed by atoms with E-state index in [1.165, 1.54) is 12.4 Å². The van der Waals surface area contributed by atoms with Gasteiger partial charge in [-0.1, -0.05) is 0 Å². The molecule has 0 saturated heterocycles. The van der Waals surface area contributed by atoms with E-state index >= 15 is 0 Å². The zero-order chi connectivity index (χ0) is 8.27. The molecule has 1 aromatic rings. The van der Waals surface area contributed by atoms with Crippen LogP contribution in [0.25, 0.3) is 0 Å². The highest BCUT2D eigenvalue weighted by Gasteiger charge is 1.93. The molecular formula is C4H5N4O2S-. The molecule has 0 saturated carbocycles. The van der Waals surface area contributed by atoms with E-state index in [9.17, 15) is 8.76 Å². The fourth-order valence-corrected chi connectivity index (χ4v) is 0.759. The molecule has 0 fully saturated rings. The molecule has 0 aliphatic rings. The molecular weight excluding hydrogens is 168 g/mol. The summed E-state index contributed by atoms with van der Waals surface area (Å²) in [5.41, 5.74) is 5.20. The first kappa shape index (κ1) is 7.89. The van der Waals surface area contributed by atoms with Crippen LogP contribution in [-0.2, 0) is 11.3 Å². The summed E-state index contributed by atoms with van der Waals surface area (Å²) in [5, 5.41) is 3.66. The minimum atomic E-state index is -2.53. The van der Waals surface area contributed by atoms with Crippen LogP contribution in [0.5, 0.6) is 0 Å². The molecule has 11 heavy (non-hydrogen) atoms. The molecule has 0 spiro atoms. The second-order valence-electron chi connectivity index (χ2n) is 1.62. The van der Waals surface area contributed by atoms with Crippen molar-refractivity contribution in [2.75, 3.05) is 0 Å². The Morgan fingerprint density at radius 2 is 2.55 bits per heavy atom. The van der Waals surface area contributed by atoms with E-state index in [4.69, 9.17) is 5.73 Å². The van der Waals surface area contributed by atoms with Gasteiger partial charge in [-0.15, -0.1) is 0 Å². The van der Waals surface area contributed by atoms with Gasteiger partial charge in [-0.05, 0) is 6.07 Å². The van der Waals surface area contributed by atoms with Gasteiger partial charge < -0.3 is 10.3 Å². The zero-order valence-electron chi connectivity index (χ0n) is 5.38. The molecule has 0 aliphatic heterocycles. The van der Waals surface area contributed by atoms with Crippen LogP contribution in [0.3, 0.4) is 0 Å². The van der Waals surface area contributed by atoms with Crippen LogP contribution < -0.4 is 5.73 Å². The highest BCUT2D eigenvalue weighted by Crippen LogP contribution is 1.83. The molecule has 0 aromatic carbocycles. The molecule has 1 rings (SSSR count). The highest BCUT2D eigenvalue weighted by molar-refractivity contribution is 7.77. The maximum absolute atomic E-state index is 10.00. The predicted molar refractivity (Wildman–Crippen MR) is 38.2 cm³/mol. The van der Waals surface area contributed by atoms with Crippen molar-refractivity contribution in [2.24, 2.45) is 10.1 Å². The molecule has 0 radical (unpaired) electrons. The normalized spacial score (nSPS) is 14.8. The van der Waals surface area contributed by atoms with E-state index in [-0.39, 0.29) is 5.96 Å². The lowest BCUT2D eigenvalue weighted by molar-refractivity contribution is 0.538. The summed E-state index contributed by atoms with van der Waals surface area (Å²) < 4.78 is 24.2. The van der Waals surface area contributed by atoms with Crippen LogP contribution >= 0.6 is 0 Å². The van der Waals surface area contributed by atoms with Gasteiger partial charge in [0.25, 0.3) is 0 Å². The topological polar surface area (TPSA) is 96.3 Å². The van der Waals surface area contributed by atoms with Crippen molar-refractivity contribution >= 4 is 17.2 Å². The van der Waals surface area contributed by atoms with Crippen molar-refractivity contribution in [1.29, 1.82) is 0 Å². The largest absolute Gasteiger partial charge is 0.754 e. The number of nitrogens with two attached hydrogens (primary N) is 1. The minimum absolute atomic E-state index is 0.177. The van der Waals surface area contributed by atoms with Crippen molar-refractivity contribution < 1.29 is 8.76 Å². The lowest BCUT2D eigenvalue weighted by atomic mass is 10.7. The third-order valence-corrected chi connectivity index (χ3v) is 1.24. The number of nitrogens with zero attached hydrogens (tertiary/aromatic N) is 3. The Morgan fingerprint density at radius 3 is 3.00 bits per heavy atom. The van der Waals surface area contributed by atoms with Gasteiger partial charge in [0.05, 0.1) is 11.3 Å². The van der Waals surface area contributed by atoms with Crippen molar-refractivity contribution in [3.8, 4) is 0 Å². The van der Waals surface area contributed by atoms with E-state index in [0.29, 0.717) is 0 Å². The lowest BCUT2D eigenvalue weighted by Crippen LogP contribution is -2.23. The van der Waals surface area contributed by atoms with Crippen LogP contribution in [0.1, 0.15) is 0 Å². The summed E-state index contributed by atoms with van der Waals surface area (Å²) in [5.74, 6) is -0.177. The molecule has 1 unspecified atom stereocenters. The molecule has 0 bridgehead atoms. The highest BCUT2D eigenvalue weighted by atomic mass is 32.2. The first-order valence-electron chi connectivity index (χ1n) is 2.63. The van der Waals surface area contributed by atoms with Gasteiger partial charge in [0.15, 0.2) is 0 Å². The summed E-state index contributed by atoms with van der Waals surface area (Å²) >= 11 is -2.53. The number of hydrogen-bond donors (Lipinski definition) is 1. The second-order valence-corrected chi connectivity index (χ2v) is 2.23. The second kappa shape index (κ2) is 3.26. The van der Waals surface area contributed by atoms with Crippen molar-refractivity contribution in [2.45, 2.75) is 0 Å². The Bertz CT molecular complexity index is 280. The first-order chi connectivity index (χ1) is 5.20. The first-order valence-corrected chi connectivity index (χ1v) is 3.67. The summed E-state index contributed by atoms with van der Waals surface area (Å²) in [6, 6.07) is 1.61. The van der Waals surface area contributed by atoms with Crippen LogP contribution in [0.4, 0.5) is 0 Å². The minimum Gasteiger partial charge on any atom is -0.754 e. The quantitative estimate of drug-likeness (QED) is 0.329. The van der Waals surface area contributed by atoms with Crippen LogP contribution in [0, 0.1) is 0 Å². The van der Waals surface area contributed by atoms with E-state index < -0.39 is 11.3 Å². The summed E-state index contributed by atoms with van der Waals surface area (Å²) in [4.78, 5) is 0. The van der Waals surface area contributed by atoms with Crippen molar-refractivity contribution in [3.63, 3.8) is 0 Å². The standard InChI is InChI=1S/C4H6N4O2S/c5-4(7-11(9)10)8-3-1-2-6-8/h1-3H,(H2,5,7)(H,9,10)/p-1. The SMILES string of the molecule is NC(=NS(=O)[O-])n1cccn1. The molecule has 1 atom stereocenters. The van der Waals surface area contributed by atoms with Gasteiger partial charge in [0, 0.05) is 12.4 Å². The molecule has 0 amide bonds. The predicted octanol–water partition coefficient (Wildman–Crippen LogP) is -1.16. The van der Waals surface area contributed by atoms with Crippen LogP contribution in [-0.4, -0.2) is 24.5 Å². The molecule has 2 N–H and O–H groups in total. The zero-order valence-corrected chi connectivity index (χ0v) is 6.19. The van der Waals surface area contributed by atoms with Gasteiger partial charge in [-0.25, -0.2) is 8.89 Å². The van der Waals surface area contributed by atoms with E-state index in [0.717, 1.165) is 4.68 Å². The van der Waals surface area contributed by atoms with Crippen LogP contribution in [0.2, 0.25) is 0 Å². The van der Waals surface area contributed by atoms with Gasteiger partial charge in [0.2, 0.25) is 5.96 Å².